The van der Waals surface area contributed by atoms with E-state index >= 15 is 0 Å². The van der Waals surface area contributed by atoms with Gasteiger partial charge in [-0.1, -0.05) is 35.5 Å². The maximum absolute atomic E-state index is 13.2. The molecule has 5 heteroatoms. The summed E-state index contributed by atoms with van der Waals surface area (Å²) in [6.45, 7) is 1.26. The zero-order chi connectivity index (χ0) is 18.8. The van der Waals surface area contributed by atoms with Crippen LogP contribution in [0.3, 0.4) is 0 Å². The Kier molecular flexibility index (Phi) is 4.60. The second-order valence-corrected chi connectivity index (χ2v) is 6.64. The molecular weight excluding hydrogens is 343 g/mol. The van der Waals surface area contributed by atoms with Crippen molar-refractivity contribution in [2.24, 2.45) is 0 Å². The Labute approximate surface area is 156 Å². The van der Waals surface area contributed by atoms with Crippen molar-refractivity contribution in [3.05, 3.63) is 83.7 Å². The summed E-state index contributed by atoms with van der Waals surface area (Å²) in [5, 5.41) is 15.3. The fraction of sp³-hybridized carbons (Fsp3) is 0.136. The summed E-state index contributed by atoms with van der Waals surface area (Å²) < 4.78 is 18.8. The van der Waals surface area contributed by atoms with Crippen LogP contribution in [0.25, 0.3) is 22.2 Å². The molecule has 27 heavy (non-hydrogen) atoms. The van der Waals surface area contributed by atoms with E-state index in [1.54, 1.807) is 24.3 Å². The molecule has 1 heterocycles. The second-order valence-electron chi connectivity index (χ2n) is 6.64. The Morgan fingerprint density at radius 1 is 0.963 bits per heavy atom. The van der Waals surface area contributed by atoms with Crippen molar-refractivity contribution in [2.45, 2.75) is 13.1 Å². The summed E-state index contributed by atoms with van der Waals surface area (Å²) in [7, 11) is 1.99. The molecule has 1 N–H and O–H groups in total. The topological polar surface area (TPSA) is 49.5 Å². The van der Waals surface area contributed by atoms with Crippen molar-refractivity contribution in [3.63, 3.8) is 0 Å². The molecule has 1 aromatic heterocycles. The van der Waals surface area contributed by atoms with Crippen molar-refractivity contribution < 1.29 is 14.0 Å². The molecule has 0 fully saturated rings. The molecule has 0 aliphatic carbocycles. The van der Waals surface area contributed by atoms with Gasteiger partial charge in [-0.25, -0.2) is 4.39 Å². The van der Waals surface area contributed by atoms with Crippen LogP contribution < -0.4 is 0 Å². The largest absolute Gasteiger partial charge is 0.507 e. The normalized spacial score (nSPS) is 11.4. The molecule has 0 saturated carbocycles. The summed E-state index contributed by atoms with van der Waals surface area (Å²) in [5.41, 5.74) is 3.83. The molecule has 0 aliphatic heterocycles. The molecule has 136 valence electrons. The van der Waals surface area contributed by atoms with Gasteiger partial charge in [0.1, 0.15) is 17.3 Å². The van der Waals surface area contributed by atoms with Crippen LogP contribution in [0.15, 0.2) is 71.3 Å². The molecule has 4 aromatic rings. The predicted octanol–water partition coefficient (Wildman–Crippen LogP) is 4.97. The maximum Gasteiger partial charge on any atom is 0.175 e. The third-order valence-electron chi connectivity index (χ3n) is 4.56. The smallest absolute Gasteiger partial charge is 0.175 e. The summed E-state index contributed by atoms with van der Waals surface area (Å²) in [4.78, 5) is 2.10. The van der Waals surface area contributed by atoms with Crippen LogP contribution in [0.5, 0.6) is 5.75 Å². The number of halogens is 1. The van der Waals surface area contributed by atoms with Crippen molar-refractivity contribution in [2.75, 3.05) is 7.05 Å². The number of rotatable bonds is 5. The monoisotopic (exact) mass is 362 g/mol. The van der Waals surface area contributed by atoms with Crippen LogP contribution in [0.2, 0.25) is 0 Å². The number of aromatic hydroxyl groups is 1. The minimum Gasteiger partial charge on any atom is -0.507 e. The van der Waals surface area contributed by atoms with E-state index in [-0.39, 0.29) is 11.6 Å². The van der Waals surface area contributed by atoms with Gasteiger partial charge in [0, 0.05) is 18.7 Å². The lowest BCUT2D eigenvalue weighted by Crippen LogP contribution is -2.17. The summed E-state index contributed by atoms with van der Waals surface area (Å²) in [6.07, 6.45) is 0. The van der Waals surface area contributed by atoms with Crippen LogP contribution in [0.1, 0.15) is 11.1 Å². The third-order valence-corrected chi connectivity index (χ3v) is 4.56. The Hall–Kier alpha value is -3.18. The Morgan fingerprint density at radius 2 is 1.70 bits per heavy atom. The standard InChI is InChI=1S/C22H19FN2O2/c1-25(13-15-5-3-2-4-6-15)14-19-20(26)12-11-18-21(24-27-22(18)19)16-7-9-17(23)10-8-16/h2-12,26H,13-14H2,1H3. The second kappa shape index (κ2) is 7.21. The molecule has 0 radical (unpaired) electrons. The lowest BCUT2D eigenvalue weighted by molar-refractivity contribution is 0.311. The van der Waals surface area contributed by atoms with Crippen LogP contribution >= 0.6 is 0 Å². The van der Waals surface area contributed by atoms with E-state index in [2.05, 4.69) is 22.2 Å². The lowest BCUT2D eigenvalue weighted by atomic mass is 10.0. The molecular formula is C22H19FN2O2. The van der Waals surface area contributed by atoms with E-state index in [1.807, 2.05) is 25.2 Å². The van der Waals surface area contributed by atoms with Gasteiger partial charge in [0.15, 0.2) is 5.58 Å². The lowest BCUT2D eigenvalue weighted by Gasteiger charge is -2.17. The van der Waals surface area contributed by atoms with Gasteiger partial charge in [-0.05, 0) is 49.0 Å². The quantitative estimate of drug-likeness (QED) is 0.544. The fourth-order valence-corrected chi connectivity index (χ4v) is 3.24. The van der Waals surface area contributed by atoms with E-state index in [9.17, 15) is 9.50 Å². The SMILES string of the molecule is CN(Cc1ccccc1)Cc1c(O)ccc2c(-c3ccc(F)cc3)noc12. The van der Waals surface area contributed by atoms with Crippen LogP contribution in [0, 0.1) is 5.82 Å². The van der Waals surface area contributed by atoms with Crippen LogP contribution in [-0.4, -0.2) is 22.2 Å². The number of nitrogens with zero attached hydrogens (tertiary/aromatic N) is 2. The van der Waals surface area contributed by atoms with E-state index in [0.717, 1.165) is 17.5 Å². The summed E-state index contributed by atoms with van der Waals surface area (Å²) >= 11 is 0. The molecule has 4 rings (SSSR count). The van der Waals surface area contributed by atoms with Gasteiger partial charge in [0.25, 0.3) is 0 Å². The number of benzene rings is 3. The zero-order valence-corrected chi connectivity index (χ0v) is 14.9. The average molecular weight is 362 g/mol. The highest BCUT2D eigenvalue weighted by molar-refractivity contribution is 5.94. The first-order valence-electron chi connectivity index (χ1n) is 8.70. The first-order chi connectivity index (χ1) is 13.1. The summed E-state index contributed by atoms with van der Waals surface area (Å²) in [6, 6.07) is 19.7. The Bertz CT molecular complexity index is 1060. The molecule has 4 nitrogen and oxygen atoms in total. The Balaban J connectivity index is 1.66. The number of fused-ring (bicyclic) bond motifs is 1. The molecule has 0 unspecified atom stereocenters. The number of aromatic nitrogens is 1. The number of hydrogen-bond acceptors (Lipinski definition) is 4. The molecule has 0 saturated heterocycles. The Morgan fingerprint density at radius 3 is 2.44 bits per heavy atom. The van der Waals surface area contributed by atoms with Gasteiger partial charge in [-0.2, -0.15) is 0 Å². The van der Waals surface area contributed by atoms with Gasteiger partial charge >= 0.3 is 0 Å². The first-order valence-corrected chi connectivity index (χ1v) is 8.70. The average Bonchev–Trinajstić information content (AvgIpc) is 3.10. The molecule has 0 amide bonds. The summed E-state index contributed by atoms with van der Waals surface area (Å²) in [5.74, 6) is -0.128. The molecule has 3 aromatic carbocycles. The van der Waals surface area contributed by atoms with Gasteiger partial charge in [0.05, 0.1) is 10.9 Å². The number of phenolic OH excluding ortho intramolecular Hbond substituents is 1. The fourth-order valence-electron chi connectivity index (χ4n) is 3.24. The zero-order valence-electron chi connectivity index (χ0n) is 14.9. The van der Waals surface area contributed by atoms with Gasteiger partial charge < -0.3 is 9.63 Å². The highest BCUT2D eigenvalue weighted by atomic mass is 19.1. The first kappa shape index (κ1) is 17.2. The third kappa shape index (κ3) is 3.55. The van der Waals surface area contributed by atoms with E-state index < -0.39 is 0 Å². The molecule has 0 bridgehead atoms. The predicted molar refractivity (Wildman–Crippen MR) is 103 cm³/mol. The minimum atomic E-state index is -0.299. The van der Waals surface area contributed by atoms with E-state index in [4.69, 9.17) is 4.52 Å². The highest BCUT2D eigenvalue weighted by Crippen LogP contribution is 2.34. The van der Waals surface area contributed by atoms with Gasteiger partial charge in [-0.3, -0.25) is 4.90 Å². The maximum atomic E-state index is 13.2. The van der Waals surface area contributed by atoms with Gasteiger partial charge in [0.2, 0.25) is 0 Å². The molecule has 0 aliphatic rings. The van der Waals surface area contributed by atoms with Gasteiger partial charge in [-0.15, -0.1) is 0 Å². The van der Waals surface area contributed by atoms with E-state index in [0.29, 0.717) is 23.4 Å². The van der Waals surface area contributed by atoms with Crippen molar-refractivity contribution in [1.82, 2.24) is 10.1 Å². The van der Waals surface area contributed by atoms with Crippen LogP contribution in [-0.2, 0) is 13.1 Å². The molecule has 0 spiro atoms. The van der Waals surface area contributed by atoms with Crippen molar-refractivity contribution >= 4 is 11.0 Å². The van der Waals surface area contributed by atoms with Crippen molar-refractivity contribution in [3.8, 4) is 17.0 Å². The van der Waals surface area contributed by atoms with Crippen molar-refractivity contribution in [1.29, 1.82) is 0 Å². The van der Waals surface area contributed by atoms with E-state index in [1.165, 1.54) is 17.7 Å². The number of phenols is 1. The number of hydrogen-bond donors (Lipinski definition) is 1. The minimum absolute atomic E-state index is 0.171. The highest BCUT2D eigenvalue weighted by Gasteiger charge is 2.18. The van der Waals surface area contributed by atoms with Crippen LogP contribution in [0.4, 0.5) is 4.39 Å². The molecule has 0 atom stereocenters.